The number of nitrogens with one attached hydrogen (secondary N) is 1. The molecule has 2 aromatic heterocycles. The molecule has 3 aromatic rings. The first kappa shape index (κ1) is 26.6. The molecule has 9 nitrogen and oxygen atoms in total. The standard InChI is InChI=1S/C27H32N4O5S/c1-16-13-17(2)24(18(3)14-16)36-26-20(9-10-21(29-26)19-11-12-35-27(4,5)15-19)25(32)31-37(33,34)23-8-6-7-22(28)30-23/h6-10,13-14,19H,11-12,15H2,1-5H3,(H2,28,30)(H,31,32). The van der Waals surface area contributed by atoms with E-state index < -0.39 is 15.9 Å². The summed E-state index contributed by atoms with van der Waals surface area (Å²) in [5.41, 5.74) is 8.89. The van der Waals surface area contributed by atoms with Crippen LogP contribution in [-0.2, 0) is 14.8 Å². The Labute approximate surface area is 217 Å². The molecule has 1 aromatic carbocycles. The lowest BCUT2D eigenvalue weighted by molar-refractivity contribution is -0.0598. The number of ether oxygens (including phenoxy) is 2. The monoisotopic (exact) mass is 524 g/mol. The fourth-order valence-electron chi connectivity index (χ4n) is 4.65. The van der Waals surface area contributed by atoms with Crippen LogP contribution in [0.5, 0.6) is 11.6 Å². The van der Waals surface area contributed by atoms with Crippen molar-refractivity contribution in [3.8, 4) is 11.6 Å². The molecular weight excluding hydrogens is 492 g/mol. The number of aromatic nitrogens is 2. The predicted molar refractivity (Wildman–Crippen MR) is 140 cm³/mol. The largest absolute Gasteiger partial charge is 0.438 e. The highest BCUT2D eigenvalue weighted by atomic mass is 32.2. The second-order valence-electron chi connectivity index (χ2n) is 10.1. The average molecular weight is 525 g/mol. The van der Waals surface area contributed by atoms with Crippen molar-refractivity contribution in [2.45, 2.75) is 64.0 Å². The minimum Gasteiger partial charge on any atom is -0.438 e. The molecule has 1 aliphatic rings. The predicted octanol–water partition coefficient (Wildman–Crippen LogP) is 4.57. The minimum atomic E-state index is -4.28. The average Bonchev–Trinajstić information content (AvgIpc) is 2.80. The third-order valence-electron chi connectivity index (χ3n) is 6.29. The van der Waals surface area contributed by atoms with Crippen molar-refractivity contribution in [2.75, 3.05) is 12.3 Å². The van der Waals surface area contributed by atoms with E-state index >= 15 is 0 Å². The molecule has 3 heterocycles. The fourth-order valence-corrected chi connectivity index (χ4v) is 5.59. The van der Waals surface area contributed by atoms with Crippen LogP contribution in [0.25, 0.3) is 0 Å². The fraction of sp³-hybridized carbons (Fsp3) is 0.370. The third-order valence-corrected chi connectivity index (χ3v) is 7.52. The van der Waals surface area contributed by atoms with Gasteiger partial charge in [-0.15, -0.1) is 0 Å². The molecule has 37 heavy (non-hydrogen) atoms. The van der Waals surface area contributed by atoms with Crippen molar-refractivity contribution >= 4 is 21.7 Å². The number of nitrogens with two attached hydrogens (primary N) is 1. The highest BCUT2D eigenvalue weighted by Crippen LogP contribution is 2.37. The Morgan fingerprint density at radius 1 is 1.11 bits per heavy atom. The Morgan fingerprint density at radius 3 is 2.46 bits per heavy atom. The topological polar surface area (TPSA) is 134 Å². The molecule has 1 unspecified atom stereocenters. The molecule has 1 aliphatic heterocycles. The number of carbonyl (C=O) groups excluding carboxylic acids is 1. The molecule has 1 fully saturated rings. The molecule has 3 N–H and O–H groups in total. The lowest BCUT2D eigenvalue weighted by Crippen LogP contribution is -2.33. The summed E-state index contributed by atoms with van der Waals surface area (Å²) >= 11 is 0. The van der Waals surface area contributed by atoms with Crippen LogP contribution in [0.2, 0.25) is 0 Å². The Bertz CT molecular complexity index is 1430. The third kappa shape index (κ3) is 6.08. The van der Waals surface area contributed by atoms with Crippen molar-refractivity contribution in [3.63, 3.8) is 0 Å². The first-order chi connectivity index (χ1) is 17.3. The summed E-state index contributed by atoms with van der Waals surface area (Å²) in [5.74, 6) is -0.159. The number of hydrogen-bond donors (Lipinski definition) is 2. The van der Waals surface area contributed by atoms with Gasteiger partial charge in [-0.1, -0.05) is 23.8 Å². The second kappa shape index (κ2) is 10.1. The number of nitrogens with zero attached hydrogens (tertiary/aromatic N) is 2. The van der Waals surface area contributed by atoms with Crippen LogP contribution in [0.3, 0.4) is 0 Å². The van der Waals surface area contributed by atoms with Gasteiger partial charge in [0.25, 0.3) is 15.9 Å². The van der Waals surface area contributed by atoms with Crippen LogP contribution >= 0.6 is 0 Å². The molecule has 0 aliphatic carbocycles. The lowest BCUT2D eigenvalue weighted by Gasteiger charge is -2.35. The maximum absolute atomic E-state index is 13.3. The molecule has 0 saturated carbocycles. The molecule has 0 bridgehead atoms. The first-order valence-corrected chi connectivity index (χ1v) is 13.5. The van der Waals surface area contributed by atoms with E-state index in [9.17, 15) is 13.2 Å². The Hall–Kier alpha value is -3.50. The molecule has 0 radical (unpaired) electrons. The summed E-state index contributed by atoms with van der Waals surface area (Å²) in [7, 11) is -4.28. The summed E-state index contributed by atoms with van der Waals surface area (Å²) in [5, 5.41) is -0.359. The van der Waals surface area contributed by atoms with Gasteiger partial charge in [-0.3, -0.25) is 4.79 Å². The molecule has 0 spiro atoms. The van der Waals surface area contributed by atoms with Crippen LogP contribution in [0.15, 0.2) is 47.5 Å². The zero-order valence-corrected chi connectivity index (χ0v) is 22.5. The van der Waals surface area contributed by atoms with E-state index in [0.717, 1.165) is 35.2 Å². The number of rotatable bonds is 6. The number of amides is 1. The number of hydrogen-bond acceptors (Lipinski definition) is 8. The molecule has 10 heteroatoms. The van der Waals surface area contributed by atoms with E-state index in [0.29, 0.717) is 12.4 Å². The van der Waals surface area contributed by atoms with Gasteiger partial charge in [0.05, 0.1) is 5.60 Å². The van der Waals surface area contributed by atoms with Crippen LogP contribution < -0.4 is 15.2 Å². The van der Waals surface area contributed by atoms with Crippen LogP contribution in [0, 0.1) is 20.8 Å². The number of anilines is 1. The van der Waals surface area contributed by atoms with Crippen LogP contribution in [0.4, 0.5) is 5.82 Å². The summed E-state index contributed by atoms with van der Waals surface area (Å²) in [6.45, 7) is 10.5. The Kier molecular flexibility index (Phi) is 7.25. The van der Waals surface area contributed by atoms with Gasteiger partial charge in [0, 0.05) is 18.2 Å². The first-order valence-electron chi connectivity index (χ1n) is 12.0. The maximum atomic E-state index is 13.3. The van der Waals surface area contributed by atoms with Crippen molar-refractivity contribution < 1.29 is 22.7 Å². The number of pyridine rings is 2. The zero-order chi connectivity index (χ0) is 27.0. The second-order valence-corrected chi connectivity index (χ2v) is 11.7. The van der Waals surface area contributed by atoms with E-state index in [1.165, 1.54) is 18.2 Å². The SMILES string of the molecule is Cc1cc(C)c(Oc2nc(C3CCOC(C)(C)C3)ccc2C(=O)NS(=O)(=O)c2cccc(N)n2)c(C)c1. The molecule has 1 amide bonds. The van der Waals surface area contributed by atoms with Gasteiger partial charge in [-0.05, 0) is 82.9 Å². The van der Waals surface area contributed by atoms with E-state index in [1.54, 1.807) is 12.1 Å². The van der Waals surface area contributed by atoms with Gasteiger partial charge < -0.3 is 15.2 Å². The number of benzene rings is 1. The lowest BCUT2D eigenvalue weighted by atomic mass is 9.86. The van der Waals surface area contributed by atoms with Crippen LogP contribution in [-0.4, -0.2) is 36.5 Å². The van der Waals surface area contributed by atoms with Crippen molar-refractivity contribution in [2.24, 2.45) is 0 Å². The zero-order valence-electron chi connectivity index (χ0n) is 21.7. The van der Waals surface area contributed by atoms with E-state index in [-0.39, 0.29) is 33.8 Å². The van der Waals surface area contributed by atoms with Gasteiger partial charge in [0.1, 0.15) is 17.1 Å². The van der Waals surface area contributed by atoms with E-state index in [4.69, 9.17) is 20.2 Å². The van der Waals surface area contributed by atoms with Crippen molar-refractivity contribution in [1.29, 1.82) is 0 Å². The number of aryl methyl sites for hydroxylation is 3. The number of sulfonamides is 1. The number of nitrogen functional groups attached to an aromatic ring is 1. The van der Waals surface area contributed by atoms with E-state index in [2.05, 4.69) is 9.71 Å². The summed E-state index contributed by atoms with van der Waals surface area (Å²) in [6, 6.07) is 11.4. The van der Waals surface area contributed by atoms with Crippen molar-refractivity contribution in [1.82, 2.24) is 14.7 Å². The van der Waals surface area contributed by atoms with E-state index in [1.807, 2.05) is 46.8 Å². The highest BCUT2D eigenvalue weighted by molar-refractivity contribution is 7.90. The Morgan fingerprint density at radius 2 is 1.81 bits per heavy atom. The molecule has 196 valence electrons. The minimum absolute atomic E-state index is 0.0121. The number of carbonyl (C=O) groups is 1. The van der Waals surface area contributed by atoms with Gasteiger partial charge in [0.15, 0.2) is 5.03 Å². The van der Waals surface area contributed by atoms with Gasteiger partial charge >= 0.3 is 0 Å². The van der Waals surface area contributed by atoms with Crippen LogP contribution in [0.1, 0.15) is 65.3 Å². The smallest absolute Gasteiger partial charge is 0.281 e. The molecule has 4 rings (SSSR count). The quantitative estimate of drug-likeness (QED) is 0.479. The summed E-state index contributed by atoms with van der Waals surface area (Å²) in [6.07, 6.45) is 1.53. The normalized spacial score (nSPS) is 17.3. The highest BCUT2D eigenvalue weighted by Gasteiger charge is 2.32. The van der Waals surface area contributed by atoms with Gasteiger partial charge in [0.2, 0.25) is 5.88 Å². The molecular formula is C27H32N4O5S. The Balaban J connectivity index is 1.73. The van der Waals surface area contributed by atoms with Gasteiger partial charge in [-0.25, -0.2) is 14.7 Å². The molecule has 1 atom stereocenters. The van der Waals surface area contributed by atoms with Crippen molar-refractivity contribution in [3.05, 3.63) is 70.4 Å². The molecule has 1 saturated heterocycles. The summed E-state index contributed by atoms with van der Waals surface area (Å²) < 4.78 is 39.8. The summed E-state index contributed by atoms with van der Waals surface area (Å²) in [4.78, 5) is 21.8. The van der Waals surface area contributed by atoms with Gasteiger partial charge in [-0.2, -0.15) is 8.42 Å². The maximum Gasteiger partial charge on any atom is 0.281 e.